The van der Waals surface area contributed by atoms with E-state index in [-0.39, 0.29) is 6.61 Å². The molecule has 88 valence electrons. The fourth-order valence-electron chi connectivity index (χ4n) is 1.01. The van der Waals surface area contributed by atoms with Crippen molar-refractivity contribution >= 4 is 23.1 Å². The SMILES string of the molecule is NCC#Cc1ccc(CSCC(O)CO)s1. The summed E-state index contributed by atoms with van der Waals surface area (Å²) >= 11 is 3.24. The van der Waals surface area contributed by atoms with Crippen molar-refractivity contribution in [2.45, 2.75) is 11.9 Å². The Morgan fingerprint density at radius 2 is 2.31 bits per heavy atom. The van der Waals surface area contributed by atoms with Crippen LogP contribution in [0.1, 0.15) is 9.75 Å². The first-order valence-electron chi connectivity index (χ1n) is 4.90. The first kappa shape index (κ1) is 13.6. The molecule has 3 nitrogen and oxygen atoms in total. The minimum absolute atomic E-state index is 0.176. The summed E-state index contributed by atoms with van der Waals surface area (Å²) in [6.45, 7) is 0.204. The predicted molar refractivity (Wildman–Crippen MR) is 69.5 cm³/mol. The Labute approximate surface area is 104 Å². The molecule has 4 N–H and O–H groups in total. The molecule has 1 unspecified atom stereocenters. The molecule has 16 heavy (non-hydrogen) atoms. The van der Waals surface area contributed by atoms with E-state index in [2.05, 4.69) is 11.8 Å². The summed E-state index contributed by atoms with van der Waals surface area (Å²) < 4.78 is 0. The first-order chi connectivity index (χ1) is 7.76. The quantitative estimate of drug-likeness (QED) is 0.677. The molecule has 1 aromatic rings. The Kier molecular flexibility index (Phi) is 6.53. The minimum atomic E-state index is -0.624. The lowest BCUT2D eigenvalue weighted by Crippen LogP contribution is -2.14. The maximum absolute atomic E-state index is 9.15. The van der Waals surface area contributed by atoms with E-state index >= 15 is 0 Å². The molecule has 0 aliphatic carbocycles. The number of thiophene rings is 1. The van der Waals surface area contributed by atoms with Crippen LogP contribution in [0.25, 0.3) is 0 Å². The summed E-state index contributed by atoms with van der Waals surface area (Å²) in [6.07, 6.45) is -0.624. The zero-order valence-electron chi connectivity index (χ0n) is 8.85. The number of nitrogens with two attached hydrogens (primary N) is 1. The van der Waals surface area contributed by atoms with Gasteiger partial charge in [-0.25, -0.2) is 0 Å². The minimum Gasteiger partial charge on any atom is -0.394 e. The van der Waals surface area contributed by atoms with E-state index in [0.717, 1.165) is 10.6 Å². The Bertz CT molecular complexity index is 368. The average Bonchev–Trinajstić information content (AvgIpc) is 2.74. The van der Waals surface area contributed by atoms with Crippen molar-refractivity contribution in [3.8, 4) is 11.8 Å². The van der Waals surface area contributed by atoms with Gasteiger partial charge in [0, 0.05) is 16.4 Å². The van der Waals surface area contributed by atoms with Gasteiger partial charge in [-0.1, -0.05) is 11.8 Å². The molecule has 1 rings (SSSR count). The van der Waals surface area contributed by atoms with Gasteiger partial charge < -0.3 is 15.9 Å². The number of aliphatic hydroxyl groups excluding tert-OH is 2. The van der Waals surface area contributed by atoms with E-state index in [1.54, 1.807) is 23.1 Å². The Morgan fingerprint density at radius 3 is 3.00 bits per heavy atom. The molecular formula is C11H15NO2S2. The van der Waals surface area contributed by atoms with Crippen LogP contribution in [0.5, 0.6) is 0 Å². The van der Waals surface area contributed by atoms with Gasteiger partial charge in [0.2, 0.25) is 0 Å². The van der Waals surface area contributed by atoms with E-state index in [9.17, 15) is 0 Å². The highest BCUT2D eigenvalue weighted by molar-refractivity contribution is 7.98. The van der Waals surface area contributed by atoms with Crippen molar-refractivity contribution < 1.29 is 10.2 Å². The van der Waals surface area contributed by atoms with Gasteiger partial charge in [0.1, 0.15) is 0 Å². The highest BCUT2D eigenvalue weighted by Crippen LogP contribution is 2.21. The van der Waals surface area contributed by atoms with E-state index in [0.29, 0.717) is 12.3 Å². The second kappa shape index (κ2) is 7.71. The van der Waals surface area contributed by atoms with Crippen LogP contribution >= 0.6 is 23.1 Å². The van der Waals surface area contributed by atoms with Gasteiger partial charge in [-0.2, -0.15) is 11.8 Å². The lowest BCUT2D eigenvalue weighted by molar-refractivity contribution is 0.113. The summed E-state index contributed by atoms with van der Waals surface area (Å²) in [4.78, 5) is 2.24. The van der Waals surface area contributed by atoms with Crippen molar-refractivity contribution in [1.29, 1.82) is 0 Å². The van der Waals surface area contributed by atoms with Crippen molar-refractivity contribution in [2.24, 2.45) is 5.73 Å². The number of hydrogen-bond donors (Lipinski definition) is 3. The first-order valence-corrected chi connectivity index (χ1v) is 6.87. The number of hydrogen-bond acceptors (Lipinski definition) is 5. The Balaban J connectivity index is 2.35. The number of rotatable bonds is 5. The van der Waals surface area contributed by atoms with Gasteiger partial charge in [0.15, 0.2) is 0 Å². The van der Waals surface area contributed by atoms with Crippen molar-refractivity contribution in [3.63, 3.8) is 0 Å². The smallest absolute Gasteiger partial charge is 0.0861 e. The van der Waals surface area contributed by atoms with Crippen LogP contribution in [0, 0.1) is 11.8 Å². The third-order valence-electron chi connectivity index (χ3n) is 1.74. The van der Waals surface area contributed by atoms with Gasteiger partial charge in [-0.05, 0) is 12.1 Å². The van der Waals surface area contributed by atoms with Crippen LogP contribution in [0.3, 0.4) is 0 Å². The maximum Gasteiger partial charge on any atom is 0.0861 e. The van der Waals surface area contributed by atoms with Gasteiger partial charge in [0.05, 0.1) is 24.1 Å². The standard InChI is InChI=1S/C11H15NO2S2/c12-5-1-2-10-3-4-11(16-10)8-15-7-9(14)6-13/h3-4,9,13-14H,5-8,12H2. The summed E-state index contributed by atoms with van der Waals surface area (Å²) in [5.74, 6) is 7.18. The molecule has 0 bridgehead atoms. The third kappa shape index (κ3) is 5.01. The molecular weight excluding hydrogens is 242 g/mol. The van der Waals surface area contributed by atoms with Crippen LogP contribution in [0.15, 0.2) is 12.1 Å². The van der Waals surface area contributed by atoms with Crippen molar-refractivity contribution in [1.82, 2.24) is 0 Å². The largest absolute Gasteiger partial charge is 0.394 e. The lowest BCUT2D eigenvalue weighted by atomic mass is 10.4. The molecule has 0 aliphatic heterocycles. The van der Waals surface area contributed by atoms with Crippen LogP contribution < -0.4 is 5.73 Å². The molecule has 5 heteroatoms. The molecule has 1 aromatic heterocycles. The molecule has 0 spiro atoms. The highest BCUT2D eigenvalue weighted by Gasteiger charge is 2.03. The Morgan fingerprint density at radius 1 is 1.50 bits per heavy atom. The third-order valence-corrected chi connectivity index (χ3v) is 4.06. The zero-order chi connectivity index (χ0) is 11.8. The molecule has 0 aromatic carbocycles. The van der Waals surface area contributed by atoms with E-state index in [1.165, 1.54) is 4.88 Å². The molecule has 1 atom stereocenters. The molecule has 0 aliphatic rings. The van der Waals surface area contributed by atoms with Crippen LogP contribution in [0.4, 0.5) is 0 Å². The molecule has 0 fully saturated rings. The Hall–Kier alpha value is -0.510. The second-order valence-corrected chi connectivity index (χ2v) is 5.32. The molecule has 0 saturated heterocycles. The summed E-state index contributed by atoms with van der Waals surface area (Å²) in [6, 6.07) is 4.01. The average molecular weight is 257 g/mol. The van der Waals surface area contributed by atoms with Gasteiger partial charge in [0.25, 0.3) is 0 Å². The number of thioether (sulfide) groups is 1. The molecule has 0 amide bonds. The monoisotopic (exact) mass is 257 g/mol. The topological polar surface area (TPSA) is 66.5 Å². The highest BCUT2D eigenvalue weighted by atomic mass is 32.2. The van der Waals surface area contributed by atoms with Gasteiger partial charge >= 0.3 is 0 Å². The van der Waals surface area contributed by atoms with E-state index in [4.69, 9.17) is 15.9 Å². The zero-order valence-corrected chi connectivity index (χ0v) is 10.5. The van der Waals surface area contributed by atoms with E-state index < -0.39 is 6.10 Å². The summed E-state index contributed by atoms with van der Waals surface area (Å²) in [5, 5.41) is 17.8. The predicted octanol–water partition coefficient (Wildman–Crippen LogP) is 0.645. The number of aliphatic hydroxyl groups is 2. The molecule has 0 saturated carbocycles. The fourth-order valence-corrected chi connectivity index (χ4v) is 2.97. The van der Waals surface area contributed by atoms with Crippen molar-refractivity contribution in [3.05, 3.63) is 21.9 Å². The fraction of sp³-hybridized carbons (Fsp3) is 0.455. The lowest BCUT2D eigenvalue weighted by Gasteiger charge is -2.04. The van der Waals surface area contributed by atoms with Crippen molar-refractivity contribution in [2.75, 3.05) is 18.9 Å². The van der Waals surface area contributed by atoms with Crippen LogP contribution in [-0.4, -0.2) is 35.2 Å². The molecule has 0 radical (unpaired) electrons. The van der Waals surface area contributed by atoms with Gasteiger partial charge in [-0.15, -0.1) is 11.3 Å². The summed E-state index contributed by atoms with van der Waals surface area (Å²) in [7, 11) is 0. The van der Waals surface area contributed by atoms with Gasteiger partial charge in [-0.3, -0.25) is 0 Å². The van der Waals surface area contributed by atoms with Crippen LogP contribution in [0.2, 0.25) is 0 Å². The van der Waals surface area contributed by atoms with Crippen LogP contribution in [-0.2, 0) is 5.75 Å². The normalized spacial score (nSPS) is 11.9. The second-order valence-electron chi connectivity index (χ2n) is 3.12. The molecule has 1 heterocycles. The maximum atomic E-state index is 9.15. The van der Waals surface area contributed by atoms with E-state index in [1.807, 2.05) is 12.1 Å². The summed E-state index contributed by atoms with van der Waals surface area (Å²) in [5.41, 5.74) is 5.29.